The Balaban J connectivity index is 1.41. The van der Waals surface area contributed by atoms with E-state index < -0.39 is 5.97 Å². The predicted molar refractivity (Wildman–Crippen MR) is 167 cm³/mol. The molecule has 1 aliphatic heterocycles. The smallest absolute Gasteiger partial charge is 0.336 e. The van der Waals surface area contributed by atoms with E-state index in [1.807, 2.05) is 104 Å². The van der Waals surface area contributed by atoms with Crippen LogP contribution < -0.4 is 5.32 Å². The van der Waals surface area contributed by atoms with E-state index in [0.717, 1.165) is 27.8 Å². The minimum absolute atomic E-state index is 0.0841. The minimum atomic E-state index is -0.413. The van der Waals surface area contributed by atoms with E-state index in [1.165, 1.54) is 0 Å². The molecule has 1 aliphatic rings. The molecule has 43 heavy (non-hydrogen) atoms. The second-order valence-electron chi connectivity index (χ2n) is 10.8. The average Bonchev–Trinajstić information content (AvgIpc) is 3.03. The summed E-state index contributed by atoms with van der Waals surface area (Å²) in [5.41, 5.74) is 6.31. The molecule has 0 aromatic heterocycles. The molecule has 6 nitrogen and oxygen atoms in total. The number of amides is 2. The lowest BCUT2D eigenvalue weighted by atomic mass is 9.83. The van der Waals surface area contributed by atoms with Gasteiger partial charge in [0.1, 0.15) is 0 Å². The number of allylic oxidation sites excluding steroid dienone is 1. The second-order valence-corrected chi connectivity index (χ2v) is 10.8. The zero-order valence-electron chi connectivity index (χ0n) is 24.7. The van der Waals surface area contributed by atoms with Crippen molar-refractivity contribution in [2.45, 2.75) is 45.7 Å². The molecule has 1 unspecified atom stereocenters. The first-order chi connectivity index (χ1) is 20.9. The number of carbonyl (C=O) groups is 3. The molecule has 5 rings (SSSR count). The zero-order valence-corrected chi connectivity index (χ0v) is 24.7. The number of hydrogen-bond acceptors (Lipinski definition) is 4. The summed E-state index contributed by atoms with van der Waals surface area (Å²) in [6.07, 6.45) is 0.157. The predicted octanol–water partition coefficient (Wildman–Crippen LogP) is 6.87. The highest BCUT2D eigenvalue weighted by Gasteiger charge is 2.37. The molecule has 0 spiro atoms. The summed E-state index contributed by atoms with van der Waals surface area (Å²) in [7, 11) is 0. The molecule has 0 saturated heterocycles. The van der Waals surface area contributed by atoms with Crippen molar-refractivity contribution >= 4 is 17.8 Å². The van der Waals surface area contributed by atoms with Gasteiger partial charge in [-0.3, -0.25) is 9.59 Å². The molecular weight excluding hydrogens is 536 g/mol. The molecule has 0 bridgehead atoms. The lowest BCUT2D eigenvalue weighted by Gasteiger charge is -2.34. The number of rotatable bonds is 9. The van der Waals surface area contributed by atoms with Crippen LogP contribution in [0.25, 0.3) is 0 Å². The van der Waals surface area contributed by atoms with Crippen LogP contribution in [0.5, 0.6) is 0 Å². The number of aryl methyl sites for hydroxylation is 1. The summed E-state index contributed by atoms with van der Waals surface area (Å²) >= 11 is 0. The Morgan fingerprint density at radius 2 is 1.49 bits per heavy atom. The number of nitrogens with zero attached hydrogens (tertiary/aromatic N) is 1. The van der Waals surface area contributed by atoms with Crippen LogP contribution in [0.1, 0.15) is 70.4 Å². The highest BCUT2D eigenvalue weighted by atomic mass is 16.5. The third-order valence-corrected chi connectivity index (χ3v) is 7.87. The molecule has 1 N–H and O–H groups in total. The molecule has 4 aromatic rings. The fourth-order valence-electron chi connectivity index (χ4n) is 5.62. The van der Waals surface area contributed by atoms with Crippen LogP contribution in [0.2, 0.25) is 0 Å². The Morgan fingerprint density at radius 3 is 2.09 bits per heavy atom. The number of benzene rings is 4. The van der Waals surface area contributed by atoms with Crippen LogP contribution in [-0.2, 0) is 20.9 Å². The van der Waals surface area contributed by atoms with Crippen LogP contribution in [0.3, 0.4) is 0 Å². The number of hydrogen-bond donors (Lipinski definition) is 1. The van der Waals surface area contributed by atoms with E-state index in [-0.39, 0.29) is 43.3 Å². The summed E-state index contributed by atoms with van der Waals surface area (Å²) < 4.78 is 5.43. The molecule has 4 aromatic carbocycles. The van der Waals surface area contributed by atoms with Crippen molar-refractivity contribution in [3.63, 3.8) is 0 Å². The summed E-state index contributed by atoms with van der Waals surface area (Å²) in [4.78, 5) is 41.9. The summed E-state index contributed by atoms with van der Waals surface area (Å²) in [6.45, 7) is 6.05. The number of esters is 1. The lowest BCUT2D eigenvalue weighted by molar-refractivity contribution is -0.140. The van der Waals surface area contributed by atoms with Gasteiger partial charge in [0.2, 0.25) is 5.91 Å². The monoisotopic (exact) mass is 572 g/mol. The van der Waals surface area contributed by atoms with Crippen molar-refractivity contribution in [3.8, 4) is 0 Å². The van der Waals surface area contributed by atoms with Crippen molar-refractivity contribution in [1.29, 1.82) is 0 Å². The first kappa shape index (κ1) is 29.5. The molecule has 0 radical (unpaired) electrons. The highest BCUT2D eigenvalue weighted by Crippen LogP contribution is 2.38. The maximum atomic E-state index is 13.5. The Kier molecular flexibility index (Phi) is 9.16. The molecule has 1 atom stereocenters. The van der Waals surface area contributed by atoms with Gasteiger partial charge in [-0.1, -0.05) is 103 Å². The third-order valence-electron chi connectivity index (χ3n) is 7.87. The van der Waals surface area contributed by atoms with Crippen molar-refractivity contribution < 1.29 is 19.1 Å². The Bertz CT molecular complexity index is 1590. The molecule has 0 aliphatic carbocycles. The van der Waals surface area contributed by atoms with E-state index in [1.54, 1.807) is 30.9 Å². The van der Waals surface area contributed by atoms with Crippen molar-refractivity contribution in [2.75, 3.05) is 6.61 Å². The maximum Gasteiger partial charge on any atom is 0.336 e. The molecule has 1 heterocycles. The van der Waals surface area contributed by atoms with Gasteiger partial charge in [-0.05, 0) is 55.2 Å². The molecule has 2 amide bonds. The quantitative estimate of drug-likeness (QED) is 0.222. The topological polar surface area (TPSA) is 75.7 Å². The highest BCUT2D eigenvalue weighted by molar-refractivity contribution is 5.96. The van der Waals surface area contributed by atoms with Crippen LogP contribution in [0, 0.1) is 6.92 Å². The fourth-order valence-corrected chi connectivity index (χ4v) is 5.62. The van der Waals surface area contributed by atoms with Crippen molar-refractivity contribution in [1.82, 2.24) is 10.2 Å². The number of ether oxygens (including phenoxy) is 1. The van der Waals surface area contributed by atoms with Gasteiger partial charge >= 0.3 is 5.97 Å². The van der Waals surface area contributed by atoms with Crippen molar-refractivity contribution in [3.05, 3.63) is 154 Å². The van der Waals surface area contributed by atoms with Gasteiger partial charge in [0, 0.05) is 23.6 Å². The average molecular weight is 573 g/mol. The zero-order chi connectivity index (χ0) is 30.3. The SMILES string of the molecule is CCOC(=O)C1=C(C)N(Cc2cccc(C(=O)NC(c3ccccc3)c3ccccc3)c2)C(=O)CC1c1ccc(C)cc1. The van der Waals surface area contributed by atoms with Crippen LogP contribution in [0.15, 0.2) is 120 Å². The minimum Gasteiger partial charge on any atom is -0.463 e. The first-order valence-electron chi connectivity index (χ1n) is 14.6. The lowest BCUT2D eigenvalue weighted by Crippen LogP contribution is -2.38. The van der Waals surface area contributed by atoms with Crippen molar-refractivity contribution in [2.24, 2.45) is 0 Å². The van der Waals surface area contributed by atoms with Gasteiger partial charge in [0.15, 0.2) is 0 Å². The summed E-state index contributed by atoms with van der Waals surface area (Å²) in [6, 6.07) is 34.6. The Hall–Kier alpha value is -4.97. The Morgan fingerprint density at radius 1 is 0.860 bits per heavy atom. The van der Waals surface area contributed by atoms with E-state index in [2.05, 4.69) is 5.32 Å². The number of nitrogens with one attached hydrogen (secondary N) is 1. The summed E-state index contributed by atoms with van der Waals surface area (Å²) in [5.74, 6) is -1.10. The van der Waals surface area contributed by atoms with Gasteiger partial charge in [-0.15, -0.1) is 0 Å². The van der Waals surface area contributed by atoms with Gasteiger partial charge < -0.3 is 15.0 Å². The Labute approximate surface area is 253 Å². The van der Waals surface area contributed by atoms with Crippen LogP contribution >= 0.6 is 0 Å². The van der Waals surface area contributed by atoms with E-state index in [4.69, 9.17) is 4.74 Å². The van der Waals surface area contributed by atoms with Crippen LogP contribution in [-0.4, -0.2) is 29.3 Å². The molecule has 0 fully saturated rings. The van der Waals surface area contributed by atoms with E-state index in [9.17, 15) is 14.4 Å². The van der Waals surface area contributed by atoms with Gasteiger partial charge in [-0.25, -0.2) is 4.79 Å². The second kappa shape index (κ2) is 13.3. The third kappa shape index (κ3) is 6.75. The van der Waals surface area contributed by atoms with Gasteiger partial charge in [0.05, 0.1) is 24.8 Å². The van der Waals surface area contributed by atoms with Gasteiger partial charge in [0.25, 0.3) is 5.91 Å². The van der Waals surface area contributed by atoms with E-state index >= 15 is 0 Å². The number of carbonyl (C=O) groups excluding carboxylic acids is 3. The van der Waals surface area contributed by atoms with E-state index in [0.29, 0.717) is 16.8 Å². The fraction of sp³-hybridized carbons (Fsp3) is 0.216. The molecule has 0 saturated carbocycles. The first-order valence-corrected chi connectivity index (χ1v) is 14.6. The van der Waals surface area contributed by atoms with Gasteiger partial charge in [-0.2, -0.15) is 0 Å². The molecule has 6 heteroatoms. The standard InChI is InChI=1S/C37H36N2O4/c1-4-43-37(42)34-26(3)39(33(40)23-32(34)28-20-18-25(2)19-21-28)24-27-12-11-17-31(22-27)36(41)38-35(29-13-7-5-8-14-29)30-15-9-6-10-16-30/h5-22,32,35H,4,23-24H2,1-3H3,(H,38,41). The molecule has 218 valence electrons. The normalized spacial score (nSPS) is 15.0. The largest absolute Gasteiger partial charge is 0.463 e. The van der Waals surface area contributed by atoms with Crippen LogP contribution in [0.4, 0.5) is 0 Å². The maximum absolute atomic E-state index is 13.5. The molecular formula is C37H36N2O4. The summed E-state index contributed by atoms with van der Waals surface area (Å²) in [5, 5.41) is 3.19.